The van der Waals surface area contributed by atoms with Gasteiger partial charge >= 0.3 is 12.1 Å². The molecule has 16 nitrogen and oxygen atoms in total. The van der Waals surface area contributed by atoms with E-state index in [1.54, 1.807) is 36.7 Å². The first-order valence-electron chi connectivity index (χ1n) is 20.7. The minimum atomic E-state index is -0.862. The van der Waals surface area contributed by atoms with Gasteiger partial charge in [0.05, 0.1) is 11.4 Å². The maximum atomic E-state index is 15.2. The molecule has 0 unspecified atom stereocenters. The van der Waals surface area contributed by atoms with Crippen molar-refractivity contribution in [2.24, 2.45) is 0 Å². The molecule has 0 radical (unpaired) electrons. The van der Waals surface area contributed by atoms with Crippen molar-refractivity contribution in [3.8, 4) is 34.0 Å². The third-order valence-corrected chi connectivity index (χ3v) is 11.8. The first-order chi connectivity index (χ1) is 30.8. The molecule has 64 heavy (non-hydrogen) atoms. The van der Waals surface area contributed by atoms with Crippen LogP contribution in [0.15, 0.2) is 49.1 Å². The van der Waals surface area contributed by atoms with Gasteiger partial charge in [-0.15, -0.1) is 0 Å². The number of nitrogens with two attached hydrogens (primary N) is 2. The quantitative estimate of drug-likeness (QED) is 0.0601. The van der Waals surface area contributed by atoms with Crippen molar-refractivity contribution in [1.29, 1.82) is 0 Å². The Kier molecular flexibility index (Phi) is 11.2. The zero-order chi connectivity index (χ0) is 44.8. The number of hydrogen-bond donors (Lipinski definition) is 8. The number of aromatic nitrogens is 4. The summed E-state index contributed by atoms with van der Waals surface area (Å²) in [6.45, 7) is 6.03. The highest BCUT2D eigenvalue weighted by Gasteiger charge is 2.31. The van der Waals surface area contributed by atoms with E-state index in [0.29, 0.717) is 108 Å². The number of pyridine rings is 4. The summed E-state index contributed by atoms with van der Waals surface area (Å²) in [7, 11) is 0. The van der Waals surface area contributed by atoms with Crippen LogP contribution in [0, 0.1) is 25.5 Å². The molecule has 10 rings (SSSR count). The maximum Gasteiger partial charge on any atom is 0.320 e. The van der Waals surface area contributed by atoms with Crippen LogP contribution in [0.4, 0.5) is 61.5 Å². The number of ether oxygens (including phenoxy) is 2. The van der Waals surface area contributed by atoms with Crippen molar-refractivity contribution >= 4 is 68.0 Å². The van der Waals surface area contributed by atoms with E-state index in [1.807, 2.05) is 13.8 Å². The lowest BCUT2D eigenvalue weighted by atomic mass is 9.91. The normalized spacial score (nSPS) is 19.3. The number of alkyl halides is 2. The molecular formula is C44H44F4N12O4. The molecule has 332 valence electrons. The second kappa shape index (κ2) is 17.1. The van der Waals surface area contributed by atoms with Crippen molar-refractivity contribution in [2.75, 3.05) is 59.0 Å². The van der Waals surface area contributed by atoms with Gasteiger partial charge in [0.2, 0.25) is 11.8 Å². The lowest BCUT2D eigenvalue weighted by Gasteiger charge is -2.30. The first-order valence-corrected chi connectivity index (χ1v) is 20.7. The first kappa shape index (κ1) is 41.9. The predicted molar refractivity (Wildman–Crippen MR) is 236 cm³/mol. The summed E-state index contributed by atoms with van der Waals surface area (Å²) in [4.78, 5) is 41.3. The van der Waals surface area contributed by atoms with Gasteiger partial charge in [0.15, 0.2) is 11.6 Å². The van der Waals surface area contributed by atoms with Gasteiger partial charge in [0.1, 0.15) is 48.6 Å². The summed E-state index contributed by atoms with van der Waals surface area (Å²) in [6.07, 6.45) is 5.49. The SMILES string of the molecule is Cc1c(-c2cc3cc(NC(=O)NC4CC(F)C4)ncc3c(N)c2F)cnc2c1NCCO2.Cc1c(-c2cc3cc(NC(=O)NC4CC(F)C4)ncc3c(N)c2F)cnc2c1NCCO2. The van der Waals surface area contributed by atoms with Crippen molar-refractivity contribution in [3.63, 3.8) is 0 Å². The Bertz CT molecular complexity index is 2650. The monoisotopic (exact) mass is 880 g/mol. The second-order valence-corrected chi connectivity index (χ2v) is 16.1. The minimum Gasteiger partial charge on any atom is -0.474 e. The highest BCUT2D eigenvalue weighted by atomic mass is 19.1. The van der Waals surface area contributed by atoms with E-state index in [1.165, 1.54) is 12.4 Å². The standard InChI is InChI=1S/2C22H22F2N6O2/c2*1-10-15(8-28-21-20(10)26-2-3-32-21)14-4-11-5-17(27-9-16(11)19(25)18(14)24)30-22(31)29-13-6-12(23)7-13/h2*4-5,8-9,12-13,26H,2-3,6-7,25H2,1H3,(H2,27,29,30,31). The molecule has 4 aliphatic rings. The van der Waals surface area contributed by atoms with E-state index in [4.69, 9.17) is 20.9 Å². The highest BCUT2D eigenvalue weighted by molar-refractivity contribution is 6.01. The van der Waals surface area contributed by atoms with Crippen LogP contribution in [0.2, 0.25) is 0 Å². The van der Waals surface area contributed by atoms with Gasteiger partial charge in [-0.3, -0.25) is 10.6 Å². The molecule has 2 saturated carbocycles. The van der Waals surface area contributed by atoms with Gasteiger partial charge in [-0.1, -0.05) is 0 Å². The van der Waals surface area contributed by atoms with Crippen molar-refractivity contribution in [1.82, 2.24) is 30.6 Å². The number of anilines is 6. The number of carbonyl (C=O) groups is 2. The van der Waals surface area contributed by atoms with Gasteiger partial charge < -0.3 is 42.2 Å². The summed E-state index contributed by atoms with van der Waals surface area (Å²) < 4.78 is 67.4. The summed E-state index contributed by atoms with van der Waals surface area (Å²) in [5.74, 6) is 0.393. The largest absolute Gasteiger partial charge is 0.474 e. The smallest absolute Gasteiger partial charge is 0.320 e. The summed E-state index contributed by atoms with van der Waals surface area (Å²) in [5.41, 5.74) is 16.9. The van der Waals surface area contributed by atoms with Crippen LogP contribution >= 0.6 is 0 Å². The van der Waals surface area contributed by atoms with Crippen molar-refractivity contribution < 1.29 is 36.6 Å². The molecule has 2 aliphatic heterocycles. The highest BCUT2D eigenvalue weighted by Crippen LogP contribution is 2.41. The molecule has 10 N–H and O–H groups in total. The fraction of sp³-hybridized carbons (Fsp3) is 0.318. The van der Waals surface area contributed by atoms with E-state index in [0.717, 1.165) is 22.5 Å². The number of fused-ring (bicyclic) bond motifs is 4. The topological polar surface area (TPSA) is 228 Å². The van der Waals surface area contributed by atoms with Crippen LogP contribution in [-0.4, -0.2) is 82.7 Å². The van der Waals surface area contributed by atoms with Gasteiger partial charge in [-0.05, 0) is 85.7 Å². The predicted octanol–water partition coefficient (Wildman–Crippen LogP) is 7.51. The average Bonchev–Trinajstić information content (AvgIpc) is 3.26. The third kappa shape index (κ3) is 8.17. The number of hydrogen-bond acceptors (Lipinski definition) is 12. The number of nitrogens with zero attached hydrogens (tertiary/aromatic N) is 4. The molecule has 0 saturated heterocycles. The summed E-state index contributed by atoms with van der Waals surface area (Å²) >= 11 is 0. The van der Waals surface area contributed by atoms with Crippen LogP contribution < -0.4 is 52.8 Å². The van der Waals surface area contributed by atoms with Gasteiger partial charge in [0.25, 0.3) is 0 Å². The molecular weight excluding hydrogens is 837 g/mol. The number of carbonyl (C=O) groups excluding carboxylic acids is 2. The summed E-state index contributed by atoms with van der Waals surface area (Å²) in [5, 5.41) is 19.2. The van der Waals surface area contributed by atoms with Gasteiger partial charge in [-0.25, -0.2) is 47.1 Å². The molecule has 6 heterocycles. The van der Waals surface area contributed by atoms with E-state index in [-0.39, 0.29) is 35.1 Å². The van der Waals surface area contributed by atoms with E-state index < -0.39 is 36.0 Å². The number of amides is 4. The van der Waals surface area contributed by atoms with Crippen LogP contribution in [0.1, 0.15) is 36.8 Å². The fourth-order valence-electron chi connectivity index (χ4n) is 8.12. The van der Waals surface area contributed by atoms with Crippen LogP contribution in [0.5, 0.6) is 11.8 Å². The van der Waals surface area contributed by atoms with Gasteiger partial charge in [-0.2, -0.15) is 0 Å². The van der Waals surface area contributed by atoms with E-state index in [2.05, 4.69) is 51.8 Å². The molecule has 0 bridgehead atoms. The summed E-state index contributed by atoms with van der Waals surface area (Å²) in [6, 6.07) is 5.26. The zero-order valence-electron chi connectivity index (χ0n) is 34.7. The lowest BCUT2D eigenvalue weighted by molar-refractivity contribution is 0.158. The van der Waals surface area contributed by atoms with Gasteiger partial charge in [0, 0.05) is 83.0 Å². The van der Waals surface area contributed by atoms with Crippen molar-refractivity contribution in [2.45, 2.75) is 64.0 Å². The van der Waals surface area contributed by atoms with Crippen LogP contribution in [0.25, 0.3) is 43.8 Å². The average molecular weight is 881 g/mol. The number of nitrogens with one attached hydrogen (secondary N) is 6. The molecule has 2 aromatic carbocycles. The van der Waals surface area contributed by atoms with Crippen LogP contribution in [0.3, 0.4) is 0 Å². The Balaban J connectivity index is 0.000000162. The van der Waals surface area contributed by atoms with Crippen molar-refractivity contribution in [3.05, 3.63) is 71.8 Å². The molecule has 0 atom stereocenters. The molecule has 6 aromatic rings. The Labute approximate surface area is 363 Å². The number of urea groups is 2. The second-order valence-electron chi connectivity index (χ2n) is 16.1. The molecule has 4 amide bonds. The Morgan fingerprint density at radius 2 is 1.03 bits per heavy atom. The minimum absolute atomic E-state index is 0.0363. The molecule has 4 aromatic heterocycles. The molecule has 0 spiro atoms. The van der Waals surface area contributed by atoms with Crippen LogP contribution in [-0.2, 0) is 0 Å². The molecule has 2 fully saturated rings. The van der Waals surface area contributed by atoms with E-state index in [9.17, 15) is 18.4 Å². The zero-order valence-corrected chi connectivity index (χ0v) is 34.7. The molecule has 2 aliphatic carbocycles. The maximum absolute atomic E-state index is 15.2. The Hall–Kier alpha value is -7.38. The number of benzene rings is 2. The lowest BCUT2D eigenvalue weighted by Crippen LogP contribution is -2.46. The fourth-order valence-corrected chi connectivity index (χ4v) is 8.12. The number of halogens is 4. The van der Waals surface area contributed by atoms with E-state index >= 15 is 8.78 Å². The Morgan fingerprint density at radius 1 is 0.625 bits per heavy atom. The number of nitrogen functional groups attached to an aromatic ring is 2. The number of rotatable bonds is 6. The third-order valence-electron chi connectivity index (χ3n) is 11.8. The molecule has 20 heteroatoms. The Morgan fingerprint density at radius 3 is 1.42 bits per heavy atom.